The second-order valence-electron chi connectivity index (χ2n) is 2.78. The van der Waals surface area contributed by atoms with Crippen LogP contribution in [0.5, 0.6) is 5.75 Å². The van der Waals surface area contributed by atoms with Crippen LogP contribution in [0.1, 0.15) is 6.92 Å². The molecule has 0 spiro atoms. The lowest BCUT2D eigenvalue weighted by atomic mass is 10.3. The Morgan fingerprint density at radius 2 is 2.07 bits per heavy atom. The van der Waals surface area contributed by atoms with Crippen LogP contribution in [0.25, 0.3) is 0 Å². The Morgan fingerprint density at radius 3 is 2.60 bits per heavy atom. The molecular formula is C10H12FNO3. The van der Waals surface area contributed by atoms with Crippen LogP contribution < -0.4 is 10.5 Å². The van der Waals surface area contributed by atoms with Gasteiger partial charge in [0.15, 0.2) is 0 Å². The molecule has 0 heterocycles. The summed E-state index contributed by atoms with van der Waals surface area (Å²) in [6.07, 6.45) is 0. The number of rotatable bonds is 4. The van der Waals surface area contributed by atoms with Crippen molar-refractivity contribution in [1.82, 2.24) is 0 Å². The van der Waals surface area contributed by atoms with Crippen molar-refractivity contribution in [3.8, 4) is 5.75 Å². The van der Waals surface area contributed by atoms with Gasteiger partial charge >= 0.3 is 11.9 Å². The lowest BCUT2D eigenvalue weighted by Gasteiger charge is -2.19. The van der Waals surface area contributed by atoms with Gasteiger partial charge in [-0.1, -0.05) is 18.2 Å². The quantitative estimate of drug-likeness (QED) is 0.464. The molecule has 0 aliphatic heterocycles. The molecule has 1 unspecified atom stereocenters. The molecule has 1 aromatic carbocycles. The van der Waals surface area contributed by atoms with E-state index in [1.165, 1.54) is 12.1 Å². The second kappa shape index (κ2) is 4.75. The van der Waals surface area contributed by atoms with Crippen molar-refractivity contribution in [2.75, 3.05) is 6.61 Å². The summed E-state index contributed by atoms with van der Waals surface area (Å²) in [5.74, 6) is -4.03. The first-order valence-electron chi connectivity index (χ1n) is 4.45. The Bertz CT molecular complexity index is 327. The molecule has 0 aromatic heterocycles. The van der Waals surface area contributed by atoms with E-state index >= 15 is 0 Å². The molecule has 0 aliphatic rings. The monoisotopic (exact) mass is 213 g/mol. The van der Waals surface area contributed by atoms with E-state index in [-0.39, 0.29) is 12.4 Å². The Labute approximate surface area is 86.8 Å². The average Bonchev–Trinajstić information content (AvgIpc) is 2.19. The highest BCUT2D eigenvalue weighted by Crippen LogP contribution is 2.16. The zero-order valence-corrected chi connectivity index (χ0v) is 8.27. The molecule has 2 N–H and O–H groups in total. The van der Waals surface area contributed by atoms with Gasteiger partial charge in [0.2, 0.25) is 0 Å². The van der Waals surface area contributed by atoms with Crippen molar-refractivity contribution in [2.24, 2.45) is 5.73 Å². The molecule has 15 heavy (non-hydrogen) atoms. The van der Waals surface area contributed by atoms with E-state index in [4.69, 9.17) is 5.73 Å². The fraction of sp³-hybridized carbons (Fsp3) is 0.300. The van der Waals surface area contributed by atoms with Crippen LogP contribution in [0.15, 0.2) is 30.3 Å². The number of hydrogen-bond donors (Lipinski definition) is 1. The first kappa shape index (κ1) is 11.5. The summed E-state index contributed by atoms with van der Waals surface area (Å²) in [5.41, 5.74) is 5.01. The topological polar surface area (TPSA) is 61.5 Å². The average molecular weight is 213 g/mol. The number of hydrogen-bond acceptors (Lipinski definition) is 4. The normalized spacial score (nSPS) is 14.1. The van der Waals surface area contributed by atoms with Gasteiger partial charge in [-0.05, 0) is 19.1 Å². The van der Waals surface area contributed by atoms with Gasteiger partial charge in [0, 0.05) is 0 Å². The summed E-state index contributed by atoms with van der Waals surface area (Å²) in [6, 6.07) is 7.97. The van der Waals surface area contributed by atoms with Crippen LogP contribution >= 0.6 is 0 Å². The van der Waals surface area contributed by atoms with Crippen LogP contribution in [-0.4, -0.2) is 18.6 Å². The molecule has 0 amide bonds. The number of carbonyl (C=O) groups excluding carboxylic acids is 1. The molecular weight excluding hydrogens is 201 g/mol. The van der Waals surface area contributed by atoms with Crippen molar-refractivity contribution in [1.29, 1.82) is 0 Å². The zero-order valence-electron chi connectivity index (χ0n) is 8.27. The Morgan fingerprint density at radius 1 is 1.47 bits per heavy atom. The van der Waals surface area contributed by atoms with E-state index in [0.717, 1.165) is 0 Å². The highest BCUT2D eigenvalue weighted by atomic mass is 19.2. The van der Waals surface area contributed by atoms with Crippen molar-refractivity contribution in [3.05, 3.63) is 30.3 Å². The number of esters is 1. The fourth-order valence-corrected chi connectivity index (χ4v) is 0.931. The smallest absolute Gasteiger partial charge is 0.405 e. The summed E-state index contributed by atoms with van der Waals surface area (Å²) in [6.45, 7) is 1.59. The third-order valence-electron chi connectivity index (χ3n) is 1.56. The number of carbonyl (C=O) groups is 1. The van der Waals surface area contributed by atoms with Gasteiger partial charge in [-0.15, -0.1) is 0 Å². The minimum Gasteiger partial charge on any atom is -0.460 e. The third kappa shape index (κ3) is 3.21. The van der Waals surface area contributed by atoms with Crippen LogP contribution in [0, 0.1) is 0 Å². The number of benzene rings is 1. The molecule has 0 radical (unpaired) electrons. The van der Waals surface area contributed by atoms with Gasteiger partial charge in [-0.3, -0.25) is 5.73 Å². The van der Waals surface area contributed by atoms with Crippen molar-refractivity contribution < 1.29 is 18.7 Å². The molecule has 4 nitrogen and oxygen atoms in total. The van der Waals surface area contributed by atoms with Gasteiger partial charge in [0.05, 0.1) is 6.61 Å². The van der Waals surface area contributed by atoms with Crippen molar-refractivity contribution in [2.45, 2.75) is 12.9 Å². The standard InChI is InChI=1S/C10H12FNO3/c1-2-14-9(13)10(11,12)15-8-6-4-3-5-7-8/h3-7H,2,12H2,1H3. The predicted molar refractivity (Wildman–Crippen MR) is 51.7 cm³/mol. The molecule has 5 heteroatoms. The molecule has 1 atom stereocenters. The highest BCUT2D eigenvalue weighted by Gasteiger charge is 2.38. The van der Waals surface area contributed by atoms with E-state index in [1.807, 2.05) is 0 Å². The summed E-state index contributed by atoms with van der Waals surface area (Å²) in [4.78, 5) is 11.0. The lowest BCUT2D eigenvalue weighted by molar-refractivity contribution is -0.179. The van der Waals surface area contributed by atoms with Gasteiger partial charge in [0.1, 0.15) is 5.75 Å². The summed E-state index contributed by atoms with van der Waals surface area (Å²) in [5, 5.41) is 0. The summed E-state index contributed by atoms with van der Waals surface area (Å²) >= 11 is 0. The maximum Gasteiger partial charge on any atom is 0.405 e. The van der Waals surface area contributed by atoms with Gasteiger partial charge in [0.25, 0.3) is 0 Å². The summed E-state index contributed by atoms with van der Waals surface area (Å²) < 4.78 is 22.5. The van der Waals surface area contributed by atoms with Gasteiger partial charge < -0.3 is 9.47 Å². The van der Waals surface area contributed by atoms with Gasteiger partial charge in [-0.2, -0.15) is 4.39 Å². The second-order valence-corrected chi connectivity index (χ2v) is 2.78. The minimum atomic E-state index is -2.95. The number of alkyl halides is 1. The molecule has 82 valence electrons. The Balaban J connectivity index is 2.68. The van der Waals surface area contributed by atoms with Crippen molar-refractivity contribution in [3.63, 3.8) is 0 Å². The fourth-order valence-electron chi connectivity index (χ4n) is 0.931. The maximum absolute atomic E-state index is 13.4. The number of para-hydroxylation sites is 1. The van der Waals surface area contributed by atoms with E-state index in [9.17, 15) is 9.18 Å². The van der Waals surface area contributed by atoms with Crippen LogP contribution in [0.2, 0.25) is 0 Å². The van der Waals surface area contributed by atoms with Gasteiger partial charge in [-0.25, -0.2) is 4.79 Å². The molecule has 0 fully saturated rings. The van der Waals surface area contributed by atoms with Crippen LogP contribution in [-0.2, 0) is 9.53 Å². The first-order valence-corrected chi connectivity index (χ1v) is 4.45. The third-order valence-corrected chi connectivity index (χ3v) is 1.56. The molecule has 0 bridgehead atoms. The molecule has 1 aromatic rings. The Kier molecular flexibility index (Phi) is 3.62. The SMILES string of the molecule is CCOC(=O)C(N)(F)Oc1ccccc1. The molecule has 0 saturated carbocycles. The van der Waals surface area contributed by atoms with E-state index < -0.39 is 11.9 Å². The molecule has 0 aliphatic carbocycles. The van der Waals surface area contributed by atoms with Crippen LogP contribution in [0.4, 0.5) is 4.39 Å². The van der Waals surface area contributed by atoms with E-state index in [0.29, 0.717) is 0 Å². The molecule has 0 saturated heterocycles. The maximum atomic E-state index is 13.4. The highest BCUT2D eigenvalue weighted by molar-refractivity contribution is 5.77. The van der Waals surface area contributed by atoms with Crippen LogP contribution in [0.3, 0.4) is 0 Å². The van der Waals surface area contributed by atoms with E-state index in [2.05, 4.69) is 9.47 Å². The summed E-state index contributed by atoms with van der Waals surface area (Å²) in [7, 11) is 0. The van der Waals surface area contributed by atoms with E-state index in [1.54, 1.807) is 25.1 Å². The molecule has 1 rings (SSSR count). The largest absolute Gasteiger partial charge is 0.460 e. The number of ether oxygens (including phenoxy) is 2. The Hall–Kier alpha value is -1.62. The lowest BCUT2D eigenvalue weighted by Crippen LogP contribution is -2.50. The number of nitrogens with two attached hydrogens (primary N) is 1. The zero-order chi connectivity index (χ0) is 11.3. The van der Waals surface area contributed by atoms with Crippen molar-refractivity contribution >= 4 is 5.97 Å². The number of halogens is 1. The minimum absolute atomic E-state index is 0.0415. The predicted octanol–water partition coefficient (Wildman–Crippen LogP) is 1.21. The first-order chi connectivity index (χ1) is 7.06.